The number of hydrogen-bond donors (Lipinski definition) is 2. The zero-order chi connectivity index (χ0) is 10.4. The van der Waals surface area contributed by atoms with Crippen molar-refractivity contribution in [1.29, 1.82) is 0 Å². The molecular weight excluding hydrogens is 232 g/mol. The van der Waals surface area contributed by atoms with Crippen molar-refractivity contribution < 1.29 is 9.00 Å². The predicted octanol–water partition coefficient (Wildman–Crippen LogP) is 1.36. The lowest BCUT2D eigenvalue weighted by Gasteiger charge is -2.15. The average molecular weight is 242 g/mol. The lowest BCUT2D eigenvalue weighted by Crippen LogP contribution is -2.35. The van der Waals surface area contributed by atoms with Crippen molar-refractivity contribution >= 4 is 33.4 Å². The van der Waals surface area contributed by atoms with Gasteiger partial charge in [0.1, 0.15) is 5.00 Å². The first-order valence-electron chi connectivity index (χ1n) is 4.89. The average Bonchev–Trinajstić information content (AvgIpc) is 2.54. The van der Waals surface area contributed by atoms with E-state index in [9.17, 15) is 9.00 Å². The van der Waals surface area contributed by atoms with Crippen LogP contribution in [0.25, 0.3) is 0 Å². The Morgan fingerprint density at radius 3 is 2.87 bits per heavy atom. The molecule has 1 unspecified atom stereocenters. The Hall–Kier alpha value is -0.880. The molecule has 4 nitrogen and oxygen atoms in total. The van der Waals surface area contributed by atoms with Crippen molar-refractivity contribution in [3.05, 3.63) is 16.0 Å². The van der Waals surface area contributed by atoms with Gasteiger partial charge in [-0.3, -0.25) is 14.2 Å². The van der Waals surface area contributed by atoms with Gasteiger partial charge < -0.3 is 0 Å². The maximum atomic E-state index is 11.7. The third kappa shape index (κ3) is 1.39. The van der Waals surface area contributed by atoms with E-state index >= 15 is 0 Å². The van der Waals surface area contributed by atoms with Crippen LogP contribution in [-0.2, 0) is 24.0 Å². The molecule has 2 heterocycles. The zero-order valence-electron chi connectivity index (χ0n) is 7.96. The van der Waals surface area contributed by atoms with Gasteiger partial charge in [0.05, 0.1) is 5.56 Å². The fraction of sp³-hybridized carbons (Fsp3) is 0.444. The largest absolute Gasteiger partial charge is 0.278 e. The molecule has 2 N–H and O–H groups in total. The number of anilines is 1. The fourth-order valence-electron chi connectivity index (χ4n) is 2.12. The molecule has 0 spiro atoms. The minimum Gasteiger partial charge on any atom is -0.278 e. The van der Waals surface area contributed by atoms with Crippen molar-refractivity contribution in [2.45, 2.75) is 25.7 Å². The molecule has 6 heteroatoms. The number of aryl methyl sites for hydroxylation is 1. The van der Waals surface area contributed by atoms with Crippen molar-refractivity contribution in [1.82, 2.24) is 4.72 Å². The molecule has 0 radical (unpaired) electrons. The van der Waals surface area contributed by atoms with Crippen molar-refractivity contribution in [3.8, 4) is 0 Å². The first-order chi connectivity index (χ1) is 7.25. The lowest BCUT2D eigenvalue weighted by molar-refractivity contribution is 0.0982. The van der Waals surface area contributed by atoms with E-state index in [0.717, 1.165) is 29.8 Å². The van der Waals surface area contributed by atoms with Crippen LogP contribution in [-0.4, -0.2) is 10.1 Å². The number of amides is 1. The highest BCUT2D eigenvalue weighted by Gasteiger charge is 2.29. The minimum absolute atomic E-state index is 0.193. The van der Waals surface area contributed by atoms with Gasteiger partial charge in [-0.15, -0.1) is 11.3 Å². The Kier molecular flexibility index (Phi) is 2.07. The van der Waals surface area contributed by atoms with E-state index in [4.69, 9.17) is 0 Å². The summed E-state index contributed by atoms with van der Waals surface area (Å²) in [6.07, 6.45) is 4.36. The number of fused-ring (bicyclic) bond motifs is 3. The smallest absolute Gasteiger partial charge is 0.267 e. The van der Waals surface area contributed by atoms with E-state index in [0.29, 0.717) is 0 Å². The maximum Gasteiger partial charge on any atom is 0.267 e. The quantitative estimate of drug-likeness (QED) is 0.721. The van der Waals surface area contributed by atoms with Crippen molar-refractivity contribution in [3.63, 3.8) is 0 Å². The first kappa shape index (κ1) is 9.35. The van der Waals surface area contributed by atoms with Gasteiger partial charge in [-0.25, -0.2) is 4.21 Å². The maximum absolute atomic E-state index is 11.7. The van der Waals surface area contributed by atoms with Crippen LogP contribution in [0.5, 0.6) is 0 Å². The fourth-order valence-corrected chi connectivity index (χ4v) is 4.25. The SMILES string of the molecule is O=C1NS(=O)Nc2sc3c(c21)CCCC3. The van der Waals surface area contributed by atoms with E-state index in [-0.39, 0.29) is 5.91 Å². The second-order valence-corrected chi connectivity index (χ2v) is 5.77. The van der Waals surface area contributed by atoms with Gasteiger partial charge in [-0.2, -0.15) is 0 Å². The number of rotatable bonds is 0. The van der Waals surface area contributed by atoms with Crippen LogP contribution in [0.1, 0.15) is 33.6 Å². The Bertz CT molecular complexity index is 467. The molecule has 1 aromatic rings. The van der Waals surface area contributed by atoms with E-state index in [1.807, 2.05) is 0 Å². The second kappa shape index (κ2) is 3.31. The van der Waals surface area contributed by atoms with Crippen LogP contribution in [0.2, 0.25) is 0 Å². The van der Waals surface area contributed by atoms with E-state index in [2.05, 4.69) is 9.44 Å². The third-order valence-corrected chi connectivity index (χ3v) is 4.87. The summed E-state index contributed by atoms with van der Waals surface area (Å²) < 4.78 is 16.4. The number of nitrogens with one attached hydrogen (secondary N) is 2. The second-order valence-electron chi connectivity index (χ2n) is 3.72. The molecule has 80 valence electrons. The molecule has 0 fully saturated rings. The van der Waals surface area contributed by atoms with Crippen molar-refractivity contribution in [2.24, 2.45) is 0 Å². The number of thiophene rings is 1. The van der Waals surface area contributed by atoms with E-state index in [1.165, 1.54) is 16.9 Å². The molecule has 0 saturated carbocycles. The van der Waals surface area contributed by atoms with Crippen LogP contribution in [0.3, 0.4) is 0 Å². The van der Waals surface area contributed by atoms with Crippen LogP contribution >= 0.6 is 11.3 Å². The van der Waals surface area contributed by atoms with Crippen LogP contribution in [0, 0.1) is 0 Å². The van der Waals surface area contributed by atoms with E-state index in [1.54, 1.807) is 11.3 Å². The summed E-state index contributed by atoms with van der Waals surface area (Å²) in [7, 11) is 0. The van der Waals surface area contributed by atoms with Crippen LogP contribution < -0.4 is 9.44 Å². The highest BCUT2D eigenvalue weighted by Crippen LogP contribution is 2.39. The minimum atomic E-state index is -1.45. The van der Waals surface area contributed by atoms with Crippen molar-refractivity contribution in [2.75, 3.05) is 4.72 Å². The molecule has 1 amide bonds. The molecule has 1 aromatic heterocycles. The Morgan fingerprint density at radius 1 is 1.20 bits per heavy atom. The van der Waals surface area contributed by atoms with Gasteiger partial charge >= 0.3 is 0 Å². The summed E-state index contributed by atoms with van der Waals surface area (Å²) >= 11 is 0.131. The lowest BCUT2D eigenvalue weighted by atomic mass is 9.95. The summed E-state index contributed by atoms with van der Waals surface area (Å²) in [5, 5.41) is 0.781. The Balaban J connectivity index is 2.16. The highest BCUT2D eigenvalue weighted by atomic mass is 32.2. The van der Waals surface area contributed by atoms with Crippen LogP contribution in [0.4, 0.5) is 5.00 Å². The monoisotopic (exact) mass is 242 g/mol. The predicted molar refractivity (Wildman–Crippen MR) is 60.2 cm³/mol. The molecule has 0 bridgehead atoms. The molecule has 2 aliphatic rings. The summed E-state index contributed by atoms with van der Waals surface area (Å²) in [5.74, 6) is -0.193. The summed E-state index contributed by atoms with van der Waals surface area (Å²) in [6.45, 7) is 0. The standard InChI is InChI=1S/C9H10N2O2S2/c12-8-7-5-3-1-2-4-6(5)14-9(7)11-15(13)10-8/h11H,1-4H2,(H,10,12). The Labute approximate surface area is 93.8 Å². The zero-order valence-corrected chi connectivity index (χ0v) is 9.59. The Morgan fingerprint density at radius 2 is 2.00 bits per heavy atom. The summed E-state index contributed by atoms with van der Waals surface area (Å²) in [6, 6.07) is 0. The molecule has 3 rings (SSSR count). The molecule has 0 saturated heterocycles. The number of carbonyl (C=O) groups excluding carboxylic acids is 1. The molecule has 1 aliphatic heterocycles. The highest BCUT2D eigenvalue weighted by molar-refractivity contribution is 7.85. The topological polar surface area (TPSA) is 58.2 Å². The first-order valence-corrected chi connectivity index (χ1v) is 6.86. The molecule has 15 heavy (non-hydrogen) atoms. The van der Waals surface area contributed by atoms with Gasteiger partial charge in [0.25, 0.3) is 5.91 Å². The molecule has 1 aliphatic carbocycles. The number of hydrogen-bond acceptors (Lipinski definition) is 3. The summed E-state index contributed by atoms with van der Waals surface area (Å²) in [5.41, 5.74) is 1.90. The third-order valence-electron chi connectivity index (χ3n) is 2.77. The van der Waals surface area contributed by atoms with E-state index < -0.39 is 11.2 Å². The van der Waals surface area contributed by atoms with Crippen LogP contribution in [0.15, 0.2) is 0 Å². The normalized spacial score (nSPS) is 23.7. The molecular formula is C9H10N2O2S2. The van der Waals surface area contributed by atoms with Gasteiger partial charge in [0.2, 0.25) is 11.2 Å². The number of carbonyl (C=O) groups is 1. The van der Waals surface area contributed by atoms with Gasteiger partial charge in [-0.05, 0) is 31.2 Å². The molecule has 0 aromatic carbocycles. The van der Waals surface area contributed by atoms with Gasteiger partial charge in [0, 0.05) is 4.88 Å². The molecule has 1 atom stereocenters. The summed E-state index contributed by atoms with van der Waals surface area (Å²) in [4.78, 5) is 13.0. The van der Waals surface area contributed by atoms with Gasteiger partial charge in [-0.1, -0.05) is 0 Å². The van der Waals surface area contributed by atoms with Gasteiger partial charge in [0.15, 0.2) is 0 Å².